The SMILES string of the molecule is COc1ccc(CN2C(=O)C3CCCC3=Nc3cc(C)c(C)cc32)cc1F. The van der Waals surface area contributed by atoms with Crippen LogP contribution in [0.1, 0.15) is 36.0 Å². The highest BCUT2D eigenvalue weighted by Gasteiger charge is 2.36. The Morgan fingerprint density at radius 1 is 1.22 bits per heavy atom. The number of fused-ring (bicyclic) bond motifs is 2. The predicted octanol–water partition coefficient (Wildman–Crippen LogP) is 4.87. The summed E-state index contributed by atoms with van der Waals surface area (Å²) in [5, 5.41) is 0. The second-order valence-electron chi connectivity index (χ2n) is 7.37. The van der Waals surface area contributed by atoms with Crippen LogP contribution < -0.4 is 9.64 Å². The summed E-state index contributed by atoms with van der Waals surface area (Å²) in [6.07, 6.45) is 2.69. The van der Waals surface area contributed by atoms with E-state index in [0.29, 0.717) is 6.54 Å². The molecule has 1 amide bonds. The monoisotopic (exact) mass is 366 g/mol. The number of carbonyl (C=O) groups is 1. The number of halogens is 1. The van der Waals surface area contributed by atoms with E-state index in [-0.39, 0.29) is 17.6 Å². The molecule has 2 aliphatic rings. The van der Waals surface area contributed by atoms with Gasteiger partial charge in [0.15, 0.2) is 11.6 Å². The summed E-state index contributed by atoms with van der Waals surface area (Å²) in [7, 11) is 1.44. The molecule has 1 aliphatic carbocycles. The predicted molar refractivity (Wildman–Crippen MR) is 104 cm³/mol. The number of rotatable bonds is 3. The highest BCUT2D eigenvalue weighted by molar-refractivity contribution is 6.15. The smallest absolute Gasteiger partial charge is 0.236 e. The maximum atomic E-state index is 14.2. The average molecular weight is 366 g/mol. The molecular weight excluding hydrogens is 343 g/mol. The van der Waals surface area contributed by atoms with Crippen molar-refractivity contribution in [2.75, 3.05) is 12.0 Å². The zero-order valence-corrected chi connectivity index (χ0v) is 15.9. The fraction of sp³-hybridized carbons (Fsp3) is 0.364. The van der Waals surface area contributed by atoms with Crippen molar-refractivity contribution in [3.05, 3.63) is 52.8 Å². The summed E-state index contributed by atoms with van der Waals surface area (Å²) >= 11 is 0. The van der Waals surface area contributed by atoms with Gasteiger partial charge in [-0.05, 0) is 74.1 Å². The molecule has 1 saturated carbocycles. The Balaban J connectivity index is 1.79. The summed E-state index contributed by atoms with van der Waals surface area (Å²) in [6.45, 7) is 4.40. The molecular formula is C22H23FN2O2. The molecule has 1 aliphatic heterocycles. The van der Waals surface area contributed by atoms with Gasteiger partial charge in [0.1, 0.15) is 0 Å². The van der Waals surface area contributed by atoms with Crippen molar-refractivity contribution in [3.63, 3.8) is 0 Å². The van der Waals surface area contributed by atoms with Crippen molar-refractivity contribution in [2.45, 2.75) is 39.7 Å². The fourth-order valence-electron chi connectivity index (χ4n) is 3.93. The van der Waals surface area contributed by atoms with E-state index in [2.05, 4.69) is 6.92 Å². The Morgan fingerprint density at radius 3 is 2.74 bits per heavy atom. The number of nitrogens with zero attached hydrogens (tertiary/aromatic N) is 2. The van der Waals surface area contributed by atoms with Gasteiger partial charge in [0.05, 0.1) is 30.9 Å². The van der Waals surface area contributed by atoms with Crippen molar-refractivity contribution in [1.29, 1.82) is 0 Å². The fourth-order valence-corrected chi connectivity index (χ4v) is 3.93. The Bertz CT molecular complexity index is 952. The van der Waals surface area contributed by atoms with Crippen LogP contribution >= 0.6 is 0 Å². The van der Waals surface area contributed by atoms with Gasteiger partial charge >= 0.3 is 0 Å². The molecule has 1 unspecified atom stereocenters. The molecule has 1 atom stereocenters. The zero-order chi connectivity index (χ0) is 19.1. The van der Waals surface area contributed by atoms with Gasteiger partial charge in [-0.15, -0.1) is 0 Å². The molecule has 2 aromatic carbocycles. The molecule has 5 heteroatoms. The van der Waals surface area contributed by atoms with Crippen molar-refractivity contribution in [2.24, 2.45) is 10.9 Å². The molecule has 1 heterocycles. The molecule has 0 saturated heterocycles. The third-order valence-electron chi connectivity index (χ3n) is 5.59. The van der Waals surface area contributed by atoms with E-state index in [1.54, 1.807) is 17.0 Å². The highest BCUT2D eigenvalue weighted by Crippen LogP contribution is 2.40. The van der Waals surface area contributed by atoms with E-state index in [0.717, 1.165) is 53.0 Å². The summed E-state index contributed by atoms with van der Waals surface area (Å²) < 4.78 is 19.2. The Morgan fingerprint density at radius 2 is 2.00 bits per heavy atom. The van der Waals surface area contributed by atoms with Crippen LogP contribution in [0.5, 0.6) is 5.75 Å². The second-order valence-corrected chi connectivity index (χ2v) is 7.37. The number of hydrogen-bond donors (Lipinski definition) is 0. The standard InChI is InChI=1S/C22H23FN2O2/c1-13-9-19-20(10-14(13)2)25(22(26)16-5-4-6-18(16)24-19)12-15-7-8-21(27-3)17(23)11-15/h7-11,16H,4-6,12H2,1-3H3. The molecule has 0 N–H and O–H groups in total. The minimum Gasteiger partial charge on any atom is -0.494 e. The molecule has 0 spiro atoms. The van der Waals surface area contributed by atoms with Crippen LogP contribution in [-0.2, 0) is 11.3 Å². The van der Waals surface area contributed by atoms with Gasteiger partial charge < -0.3 is 9.64 Å². The second kappa shape index (κ2) is 6.80. The first-order chi connectivity index (χ1) is 13.0. The minimum absolute atomic E-state index is 0.0597. The van der Waals surface area contributed by atoms with E-state index in [1.807, 2.05) is 19.1 Å². The van der Waals surface area contributed by atoms with Gasteiger partial charge in [0.2, 0.25) is 5.91 Å². The van der Waals surface area contributed by atoms with Crippen LogP contribution in [0.2, 0.25) is 0 Å². The number of benzene rings is 2. The van der Waals surface area contributed by atoms with Crippen molar-refractivity contribution in [3.8, 4) is 5.75 Å². The Kier molecular flexibility index (Phi) is 4.46. The maximum Gasteiger partial charge on any atom is 0.236 e. The number of hydrogen-bond acceptors (Lipinski definition) is 3. The number of methoxy groups -OCH3 is 1. The van der Waals surface area contributed by atoms with Crippen LogP contribution in [-0.4, -0.2) is 18.7 Å². The number of aliphatic imine (C=N–C) groups is 1. The molecule has 0 bridgehead atoms. The molecule has 140 valence electrons. The first kappa shape index (κ1) is 17.7. The van der Waals surface area contributed by atoms with E-state index in [1.165, 1.54) is 13.2 Å². The molecule has 0 aromatic heterocycles. The van der Waals surface area contributed by atoms with Crippen LogP contribution in [0.4, 0.5) is 15.8 Å². The summed E-state index contributed by atoms with van der Waals surface area (Å²) in [5.74, 6) is -0.324. The maximum absolute atomic E-state index is 14.2. The van der Waals surface area contributed by atoms with Crippen LogP contribution in [0, 0.1) is 25.6 Å². The molecule has 27 heavy (non-hydrogen) atoms. The quantitative estimate of drug-likeness (QED) is 0.778. The lowest BCUT2D eigenvalue weighted by molar-refractivity contribution is -0.120. The number of carbonyl (C=O) groups excluding carboxylic acids is 1. The topological polar surface area (TPSA) is 41.9 Å². The largest absolute Gasteiger partial charge is 0.494 e. The molecule has 4 nitrogen and oxygen atoms in total. The normalized spacial score (nSPS) is 18.7. The lowest BCUT2D eigenvalue weighted by atomic mass is 10.0. The molecule has 2 aromatic rings. The summed E-state index contributed by atoms with van der Waals surface area (Å²) in [4.78, 5) is 19.9. The van der Waals surface area contributed by atoms with Gasteiger partial charge in [-0.3, -0.25) is 9.79 Å². The molecule has 4 rings (SSSR count). The van der Waals surface area contributed by atoms with Gasteiger partial charge in [0, 0.05) is 5.71 Å². The number of ether oxygens (including phenoxy) is 1. The number of aryl methyl sites for hydroxylation is 2. The zero-order valence-electron chi connectivity index (χ0n) is 15.9. The Hall–Kier alpha value is -2.69. The van der Waals surface area contributed by atoms with Crippen LogP contribution in [0.3, 0.4) is 0 Å². The van der Waals surface area contributed by atoms with Gasteiger partial charge in [-0.2, -0.15) is 0 Å². The van der Waals surface area contributed by atoms with Gasteiger partial charge in [-0.25, -0.2) is 4.39 Å². The third kappa shape index (κ3) is 3.11. The van der Waals surface area contributed by atoms with E-state index in [4.69, 9.17) is 9.73 Å². The van der Waals surface area contributed by atoms with Crippen molar-refractivity contribution in [1.82, 2.24) is 0 Å². The van der Waals surface area contributed by atoms with Crippen LogP contribution in [0.25, 0.3) is 0 Å². The van der Waals surface area contributed by atoms with Gasteiger partial charge in [-0.1, -0.05) is 6.07 Å². The lowest BCUT2D eigenvalue weighted by Crippen LogP contribution is -2.36. The average Bonchev–Trinajstić information content (AvgIpc) is 3.07. The number of anilines is 1. The Labute approximate surface area is 158 Å². The van der Waals surface area contributed by atoms with Crippen molar-refractivity contribution < 1.29 is 13.9 Å². The van der Waals surface area contributed by atoms with Crippen LogP contribution in [0.15, 0.2) is 35.3 Å². The minimum atomic E-state index is -0.421. The summed E-state index contributed by atoms with van der Waals surface area (Å²) in [5.41, 5.74) is 5.61. The first-order valence-corrected chi connectivity index (χ1v) is 9.30. The van der Waals surface area contributed by atoms with Crippen molar-refractivity contribution >= 4 is 23.0 Å². The van der Waals surface area contributed by atoms with E-state index in [9.17, 15) is 9.18 Å². The summed E-state index contributed by atoms with van der Waals surface area (Å²) in [6, 6.07) is 8.91. The third-order valence-corrected chi connectivity index (χ3v) is 5.59. The van der Waals surface area contributed by atoms with Gasteiger partial charge in [0.25, 0.3) is 0 Å². The number of amides is 1. The molecule has 0 radical (unpaired) electrons. The lowest BCUT2D eigenvalue weighted by Gasteiger charge is -2.26. The highest BCUT2D eigenvalue weighted by atomic mass is 19.1. The van der Waals surface area contributed by atoms with E-state index < -0.39 is 5.82 Å². The molecule has 1 fully saturated rings. The first-order valence-electron chi connectivity index (χ1n) is 9.30. The van der Waals surface area contributed by atoms with E-state index >= 15 is 0 Å².